The standard InChI is InChI=1S/C18H28N2O/c1-5-12-18(19,15-20(13-6-2)14-7-3)16-8-10-17(21-4)11-9-16/h6-11H,2-3,5,12-15,19H2,1,4H3. The van der Waals surface area contributed by atoms with E-state index in [0.29, 0.717) is 0 Å². The monoisotopic (exact) mass is 288 g/mol. The molecule has 3 heteroatoms. The van der Waals surface area contributed by atoms with E-state index in [0.717, 1.165) is 43.8 Å². The van der Waals surface area contributed by atoms with Crippen LogP contribution in [0.3, 0.4) is 0 Å². The topological polar surface area (TPSA) is 38.5 Å². The molecule has 0 aliphatic heterocycles. The Morgan fingerprint density at radius 2 is 1.76 bits per heavy atom. The zero-order valence-electron chi connectivity index (χ0n) is 13.3. The van der Waals surface area contributed by atoms with Crippen molar-refractivity contribution < 1.29 is 4.74 Å². The largest absolute Gasteiger partial charge is 0.497 e. The number of hydrogen-bond acceptors (Lipinski definition) is 3. The lowest BCUT2D eigenvalue weighted by atomic mass is 9.86. The van der Waals surface area contributed by atoms with Gasteiger partial charge in [-0.2, -0.15) is 0 Å². The number of benzene rings is 1. The summed E-state index contributed by atoms with van der Waals surface area (Å²) in [4.78, 5) is 2.26. The predicted molar refractivity (Wildman–Crippen MR) is 90.6 cm³/mol. The maximum absolute atomic E-state index is 6.73. The van der Waals surface area contributed by atoms with Crippen LogP contribution in [0.1, 0.15) is 25.3 Å². The Morgan fingerprint density at radius 3 is 2.19 bits per heavy atom. The number of ether oxygens (including phenoxy) is 1. The molecule has 1 rings (SSSR count). The second kappa shape index (κ2) is 8.65. The van der Waals surface area contributed by atoms with E-state index in [4.69, 9.17) is 10.5 Å². The van der Waals surface area contributed by atoms with Gasteiger partial charge < -0.3 is 10.5 Å². The molecule has 0 fully saturated rings. The lowest BCUT2D eigenvalue weighted by molar-refractivity contribution is 0.233. The molecule has 0 saturated carbocycles. The second-order valence-corrected chi connectivity index (χ2v) is 5.41. The third kappa shape index (κ3) is 5.03. The normalized spacial score (nSPS) is 13.7. The Kier molecular flexibility index (Phi) is 7.20. The van der Waals surface area contributed by atoms with Crippen molar-refractivity contribution in [1.29, 1.82) is 0 Å². The average Bonchev–Trinajstić information content (AvgIpc) is 2.48. The minimum atomic E-state index is -0.368. The van der Waals surface area contributed by atoms with Crippen molar-refractivity contribution in [3.05, 3.63) is 55.1 Å². The third-order valence-corrected chi connectivity index (χ3v) is 3.64. The molecule has 1 aromatic carbocycles. The van der Waals surface area contributed by atoms with E-state index in [-0.39, 0.29) is 5.54 Å². The van der Waals surface area contributed by atoms with Crippen LogP contribution in [-0.2, 0) is 5.54 Å². The van der Waals surface area contributed by atoms with Crippen molar-refractivity contribution in [3.8, 4) is 5.75 Å². The number of nitrogens with zero attached hydrogens (tertiary/aromatic N) is 1. The Bertz CT molecular complexity index is 431. The lowest BCUT2D eigenvalue weighted by Gasteiger charge is -2.35. The molecule has 1 aromatic rings. The van der Waals surface area contributed by atoms with Gasteiger partial charge in [-0.05, 0) is 24.1 Å². The van der Waals surface area contributed by atoms with Crippen LogP contribution in [0.25, 0.3) is 0 Å². The van der Waals surface area contributed by atoms with Crippen LogP contribution in [0, 0.1) is 0 Å². The zero-order chi connectivity index (χ0) is 15.7. The van der Waals surface area contributed by atoms with E-state index in [1.165, 1.54) is 0 Å². The average molecular weight is 288 g/mol. The van der Waals surface area contributed by atoms with Crippen LogP contribution in [0.4, 0.5) is 0 Å². The number of rotatable bonds is 10. The first-order valence-corrected chi connectivity index (χ1v) is 7.47. The fraction of sp³-hybridized carbons (Fsp3) is 0.444. The van der Waals surface area contributed by atoms with Gasteiger partial charge in [-0.25, -0.2) is 0 Å². The van der Waals surface area contributed by atoms with E-state index in [1.807, 2.05) is 24.3 Å². The molecule has 0 aliphatic rings. The Balaban J connectivity index is 2.98. The van der Waals surface area contributed by atoms with Gasteiger partial charge in [0.2, 0.25) is 0 Å². The quantitative estimate of drug-likeness (QED) is 0.671. The molecule has 0 aromatic heterocycles. The van der Waals surface area contributed by atoms with Crippen molar-refractivity contribution in [2.24, 2.45) is 5.73 Å². The Labute approximate surface area is 129 Å². The highest BCUT2D eigenvalue weighted by Crippen LogP contribution is 2.27. The molecule has 116 valence electrons. The van der Waals surface area contributed by atoms with Gasteiger partial charge in [0.15, 0.2) is 0 Å². The molecule has 0 heterocycles. The first-order valence-electron chi connectivity index (χ1n) is 7.47. The molecule has 0 aliphatic carbocycles. The molecule has 1 atom stereocenters. The summed E-state index contributed by atoms with van der Waals surface area (Å²) >= 11 is 0. The Hall–Kier alpha value is -1.58. The number of methoxy groups -OCH3 is 1. The third-order valence-electron chi connectivity index (χ3n) is 3.64. The lowest BCUT2D eigenvalue weighted by Crippen LogP contribution is -2.47. The maximum atomic E-state index is 6.73. The van der Waals surface area contributed by atoms with Gasteiger partial charge in [0, 0.05) is 19.6 Å². The van der Waals surface area contributed by atoms with E-state index < -0.39 is 0 Å². The highest BCUT2D eigenvalue weighted by Gasteiger charge is 2.28. The predicted octanol–water partition coefficient (Wildman–Crippen LogP) is 3.32. The first-order chi connectivity index (χ1) is 10.1. The molecule has 3 nitrogen and oxygen atoms in total. The van der Waals surface area contributed by atoms with Gasteiger partial charge in [-0.1, -0.05) is 37.6 Å². The van der Waals surface area contributed by atoms with E-state index in [1.54, 1.807) is 7.11 Å². The van der Waals surface area contributed by atoms with Gasteiger partial charge >= 0.3 is 0 Å². The summed E-state index contributed by atoms with van der Waals surface area (Å²) in [5, 5.41) is 0. The summed E-state index contributed by atoms with van der Waals surface area (Å²) < 4.78 is 5.22. The van der Waals surface area contributed by atoms with Crippen LogP contribution < -0.4 is 10.5 Å². The Morgan fingerprint density at radius 1 is 1.19 bits per heavy atom. The molecule has 21 heavy (non-hydrogen) atoms. The SMILES string of the molecule is C=CCN(CC=C)CC(N)(CCC)c1ccc(OC)cc1. The number of hydrogen-bond donors (Lipinski definition) is 1. The molecule has 0 radical (unpaired) electrons. The van der Waals surface area contributed by atoms with E-state index in [9.17, 15) is 0 Å². The highest BCUT2D eigenvalue weighted by atomic mass is 16.5. The molecule has 0 saturated heterocycles. The summed E-state index contributed by atoms with van der Waals surface area (Å²) in [6, 6.07) is 8.07. The minimum absolute atomic E-state index is 0.368. The van der Waals surface area contributed by atoms with Crippen molar-refractivity contribution in [2.45, 2.75) is 25.3 Å². The summed E-state index contributed by atoms with van der Waals surface area (Å²) in [5.41, 5.74) is 7.51. The maximum Gasteiger partial charge on any atom is 0.118 e. The number of nitrogens with two attached hydrogens (primary N) is 1. The van der Waals surface area contributed by atoms with Crippen LogP contribution in [0.5, 0.6) is 5.75 Å². The highest BCUT2D eigenvalue weighted by molar-refractivity contribution is 5.32. The van der Waals surface area contributed by atoms with Crippen LogP contribution in [-0.4, -0.2) is 31.6 Å². The molecule has 0 bridgehead atoms. The molecule has 1 unspecified atom stereocenters. The second-order valence-electron chi connectivity index (χ2n) is 5.41. The van der Waals surface area contributed by atoms with Gasteiger partial charge in [0.25, 0.3) is 0 Å². The summed E-state index contributed by atoms with van der Waals surface area (Å²) in [5.74, 6) is 0.853. The van der Waals surface area contributed by atoms with Gasteiger partial charge in [0.1, 0.15) is 5.75 Å². The van der Waals surface area contributed by atoms with Crippen molar-refractivity contribution in [2.75, 3.05) is 26.7 Å². The van der Waals surface area contributed by atoms with Crippen molar-refractivity contribution in [1.82, 2.24) is 4.90 Å². The fourth-order valence-corrected chi connectivity index (χ4v) is 2.65. The zero-order valence-corrected chi connectivity index (χ0v) is 13.3. The summed E-state index contributed by atoms with van der Waals surface area (Å²) in [6.07, 6.45) is 5.79. The van der Waals surface area contributed by atoms with E-state index >= 15 is 0 Å². The summed E-state index contributed by atoms with van der Waals surface area (Å²) in [7, 11) is 1.67. The fourth-order valence-electron chi connectivity index (χ4n) is 2.65. The molecular weight excluding hydrogens is 260 g/mol. The smallest absolute Gasteiger partial charge is 0.118 e. The molecule has 0 spiro atoms. The van der Waals surface area contributed by atoms with Crippen molar-refractivity contribution in [3.63, 3.8) is 0 Å². The van der Waals surface area contributed by atoms with Crippen LogP contribution in [0.2, 0.25) is 0 Å². The van der Waals surface area contributed by atoms with Crippen molar-refractivity contribution >= 4 is 0 Å². The molecule has 0 amide bonds. The van der Waals surface area contributed by atoms with Crippen LogP contribution in [0.15, 0.2) is 49.6 Å². The first kappa shape index (κ1) is 17.5. The summed E-state index contributed by atoms with van der Waals surface area (Å²) in [6.45, 7) is 12.2. The van der Waals surface area contributed by atoms with Crippen LogP contribution >= 0.6 is 0 Å². The van der Waals surface area contributed by atoms with Gasteiger partial charge in [-0.15, -0.1) is 13.2 Å². The molecule has 2 N–H and O–H groups in total. The van der Waals surface area contributed by atoms with Gasteiger partial charge in [-0.3, -0.25) is 4.90 Å². The minimum Gasteiger partial charge on any atom is -0.497 e. The molecular formula is C18H28N2O. The van der Waals surface area contributed by atoms with E-state index in [2.05, 4.69) is 37.1 Å². The van der Waals surface area contributed by atoms with Gasteiger partial charge in [0.05, 0.1) is 12.6 Å².